The summed E-state index contributed by atoms with van der Waals surface area (Å²) in [7, 11) is 0. The summed E-state index contributed by atoms with van der Waals surface area (Å²) in [4.78, 5) is 17.6. The molecule has 0 bridgehead atoms. The van der Waals surface area contributed by atoms with Crippen LogP contribution >= 0.6 is 23.2 Å². The van der Waals surface area contributed by atoms with Crippen LogP contribution in [0.5, 0.6) is 5.75 Å². The number of benzene rings is 1. The Morgan fingerprint density at radius 1 is 1.23 bits per heavy atom. The number of piperidine rings is 1. The van der Waals surface area contributed by atoms with Crippen LogP contribution in [0, 0.1) is 11.7 Å². The number of anilines is 1. The minimum atomic E-state index is -0.920. The Bertz CT molecular complexity index is 1070. The van der Waals surface area contributed by atoms with Gasteiger partial charge < -0.3 is 19.8 Å². The molecule has 1 saturated heterocycles. The van der Waals surface area contributed by atoms with E-state index in [-0.39, 0.29) is 16.8 Å². The monoisotopic (exact) mass is 465 g/mol. The number of pyridine rings is 1. The summed E-state index contributed by atoms with van der Waals surface area (Å²) in [5, 5.41) is 8.56. The molecule has 4 rings (SSSR count). The maximum atomic E-state index is 13.6. The summed E-state index contributed by atoms with van der Waals surface area (Å²) < 4.78 is 25.1. The van der Waals surface area contributed by atoms with Crippen LogP contribution in [0.25, 0.3) is 11.5 Å². The molecule has 1 aromatic carbocycles. The van der Waals surface area contributed by atoms with Gasteiger partial charge in [0.2, 0.25) is 5.89 Å². The zero-order chi connectivity index (χ0) is 22.0. The molecule has 31 heavy (non-hydrogen) atoms. The van der Waals surface area contributed by atoms with E-state index in [9.17, 15) is 9.18 Å². The highest BCUT2D eigenvalue weighted by Crippen LogP contribution is 2.29. The number of carbonyl (C=O) groups excluding carboxylic acids is 1. The third-order valence-corrected chi connectivity index (χ3v) is 5.59. The van der Waals surface area contributed by atoms with E-state index in [1.54, 1.807) is 24.3 Å². The number of amides is 1. The normalized spacial score (nSPS) is 15.6. The quantitative estimate of drug-likeness (QED) is 0.552. The molecule has 1 unspecified atom stereocenters. The fraction of sp³-hybridized carbons (Fsp3) is 0.300. The smallest absolute Gasteiger partial charge is 0.318 e. The van der Waals surface area contributed by atoms with E-state index in [4.69, 9.17) is 38.1 Å². The van der Waals surface area contributed by atoms with Crippen molar-refractivity contribution < 1.29 is 18.3 Å². The highest BCUT2D eigenvalue weighted by atomic mass is 35.5. The second-order valence-corrected chi connectivity index (χ2v) is 7.90. The number of aromatic nitrogens is 3. The van der Waals surface area contributed by atoms with Crippen molar-refractivity contribution in [2.24, 2.45) is 11.7 Å². The second-order valence-electron chi connectivity index (χ2n) is 7.11. The molecule has 1 fully saturated rings. The molecule has 1 aliphatic heterocycles. The lowest BCUT2D eigenvalue weighted by molar-refractivity contribution is -0.127. The number of nitrogens with zero attached hydrogens (tertiary/aromatic N) is 4. The number of ether oxygens (including phenoxy) is 1. The maximum Gasteiger partial charge on any atom is 0.318 e. The Labute approximate surface area is 187 Å². The first-order valence-corrected chi connectivity index (χ1v) is 10.3. The molecule has 0 saturated carbocycles. The van der Waals surface area contributed by atoms with Gasteiger partial charge >= 0.3 is 6.01 Å². The minimum Gasteiger partial charge on any atom is -0.479 e. The number of primary amides is 1. The summed E-state index contributed by atoms with van der Waals surface area (Å²) in [6.07, 6.45) is 1.52. The van der Waals surface area contributed by atoms with Crippen molar-refractivity contribution in [2.75, 3.05) is 18.0 Å². The molecule has 2 N–H and O–H groups in total. The lowest BCUT2D eigenvalue weighted by atomic mass is 9.91. The third-order valence-electron chi connectivity index (χ3n) is 5.06. The molecule has 1 atom stereocenters. The lowest BCUT2D eigenvalue weighted by Crippen LogP contribution is -2.45. The van der Waals surface area contributed by atoms with Crippen molar-refractivity contribution in [3.8, 4) is 17.2 Å². The van der Waals surface area contributed by atoms with Crippen molar-refractivity contribution in [1.82, 2.24) is 15.2 Å². The highest BCUT2D eigenvalue weighted by Gasteiger charge is 2.33. The molecule has 3 aromatic rings. The van der Waals surface area contributed by atoms with E-state index in [0.717, 1.165) is 11.6 Å². The topological polar surface area (TPSA) is 107 Å². The Morgan fingerprint density at radius 3 is 2.58 bits per heavy atom. The lowest BCUT2D eigenvalue weighted by Gasteiger charge is -2.33. The number of rotatable bonds is 6. The SMILES string of the molecule is NC(=O)C(Oc1cnc(Cl)c(F)c1)C1CCN(c2nnc(-c3ccc(Cl)cc3)o2)CC1. The van der Waals surface area contributed by atoms with Crippen LogP contribution in [0.1, 0.15) is 12.8 Å². The number of hydrogen-bond donors (Lipinski definition) is 1. The average molecular weight is 466 g/mol. The predicted molar refractivity (Wildman–Crippen MR) is 112 cm³/mol. The molecule has 0 spiro atoms. The number of halogens is 3. The fourth-order valence-electron chi connectivity index (χ4n) is 3.45. The Kier molecular flexibility index (Phi) is 6.24. The van der Waals surface area contributed by atoms with Gasteiger partial charge in [0.05, 0.1) is 6.20 Å². The van der Waals surface area contributed by atoms with Gasteiger partial charge in [0, 0.05) is 35.7 Å². The van der Waals surface area contributed by atoms with E-state index in [2.05, 4.69) is 15.2 Å². The first-order chi connectivity index (χ1) is 14.9. The van der Waals surface area contributed by atoms with Crippen LogP contribution in [-0.4, -0.2) is 40.3 Å². The predicted octanol–water partition coefficient (Wildman–Crippen LogP) is 3.73. The van der Waals surface area contributed by atoms with Gasteiger partial charge in [-0.25, -0.2) is 9.37 Å². The van der Waals surface area contributed by atoms with Crippen LogP contribution in [0.3, 0.4) is 0 Å². The van der Waals surface area contributed by atoms with E-state index in [1.165, 1.54) is 6.20 Å². The van der Waals surface area contributed by atoms with E-state index >= 15 is 0 Å². The molecule has 1 aliphatic rings. The molecule has 0 aliphatic carbocycles. The minimum absolute atomic E-state index is 0.0950. The third kappa shape index (κ3) is 4.88. The standard InChI is InChI=1S/C20H18Cl2FN5O3/c21-13-3-1-12(2-4-13)19-26-27-20(31-19)28-7-5-11(6-8-28)16(18(24)29)30-14-9-15(23)17(22)25-10-14/h1-4,9-11,16H,5-8H2,(H2,24,29). The van der Waals surface area contributed by atoms with Gasteiger partial charge in [0.25, 0.3) is 5.91 Å². The van der Waals surface area contributed by atoms with Gasteiger partial charge in [0.15, 0.2) is 17.1 Å². The van der Waals surface area contributed by atoms with Crippen molar-refractivity contribution in [1.29, 1.82) is 0 Å². The average Bonchev–Trinajstić information content (AvgIpc) is 3.25. The van der Waals surface area contributed by atoms with Gasteiger partial charge in [0.1, 0.15) is 5.75 Å². The fourth-order valence-corrected chi connectivity index (χ4v) is 3.68. The van der Waals surface area contributed by atoms with Crippen molar-refractivity contribution in [2.45, 2.75) is 18.9 Å². The molecular weight excluding hydrogens is 448 g/mol. The molecule has 1 amide bonds. The van der Waals surface area contributed by atoms with E-state index in [1.807, 2.05) is 4.90 Å². The highest BCUT2D eigenvalue weighted by molar-refractivity contribution is 6.30. The summed E-state index contributed by atoms with van der Waals surface area (Å²) in [6, 6.07) is 8.57. The zero-order valence-corrected chi connectivity index (χ0v) is 17.7. The molecule has 3 heterocycles. The number of carbonyl (C=O) groups is 1. The Balaban J connectivity index is 1.40. The van der Waals surface area contributed by atoms with Crippen molar-refractivity contribution in [3.05, 3.63) is 52.5 Å². The van der Waals surface area contributed by atoms with Crippen LogP contribution in [0.2, 0.25) is 10.2 Å². The van der Waals surface area contributed by atoms with Gasteiger partial charge in [-0.15, -0.1) is 5.10 Å². The van der Waals surface area contributed by atoms with Crippen molar-refractivity contribution >= 4 is 35.1 Å². The summed E-state index contributed by atoms with van der Waals surface area (Å²) in [5.41, 5.74) is 6.31. The van der Waals surface area contributed by atoms with Crippen LogP contribution < -0.4 is 15.4 Å². The van der Waals surface area contributed by atoms with Crippen LogP contribution in [0.4, 0.5) is 10.4 Å². The molecule has 11 heteroatoms. The van der Waals surface area contributed by atoms with E-state index < -0.39 is 17.8 Å². The summed E-state index contributed by atoms with van der Waals surface area (Å²) in [6.45, 7) is 1.13. The molecule has 162 valence electrons. The largest absolute Gasteiger partial charge is 0.479 e. The molecule has 2 aromatic heterocycles. The molecule has 8 nitrogen and oxygen atoms in total. The van der Waals surface area contributed by atoms with Gasteiger partial charge in [-0.05, 0) is 37.1 Å². The number of hydrogen-bond acceptors (Lipinski definition) is 7. The molecule has 0 radical (unpaired) electrons. The van der Waals surface area contributed by atoms with Crippen LogP contribution in [0.15, 0.2) is 40.9 Å². The van der Waals surface area contributed by atoms with E-state index in [0.29, 0.717) is 42.9 Å². The molecular formula is C20H18Cl2FN5O3. The summed E-state index contributed by atoms with van der Waals surface area (Å²) in [5.74, 6) is -1.03. The summed E-state index contributed by atoms with van der Waals surface area (Å²) >= 11 is 11.5. The van der Waals surface area contributed by atoms with Gasteiger partial charge in [-0.1, -0.05) is 28.3 Å². The maximum absolute atomic E-state index is 13.6. The van der Waals surface area contributed by atoms with Gasteiger partial charge in [-0.3, -0.25) is 4.79 Å². The van der Waals surface area contributed by atoms with Crippen molar-refractivity contribution in [3.63, 3.8) is 0 Å². The Hall–Kier alpha value is -2.91. The second kappa shape index (κ2) is 9.07. The van der Waals surface area contributed by atoms with Gasteiger partial charge in [-0.2, -0.15) is 0 Å². The zero-order valence-electron chi connectivity index (χ0n) is 16.2. The first-order valence-electron chi connectivity index (χ1n) is 9.52. The number of nitrogens with two attached hydrogens (primary N) is 1. The van der Waals surface area contributed by atoms with Crippen LogP contribution in [-0.2, 0) is 4.79 Å². The Morgan fingerprint density at radius 2 is 1.94 bits per heavy atom. The first kappa shape index (κ1) is 21.3.